The fraction of sp³-hybridized carbons (Fsp3) is 0.630. The number of likely N-dealkylation sites (tertiary alicyclic amines) is 1. The Kier molecular flexibility index (Phi) is 8.90. The molecule has 6 heteroatoms. The highest BCUT2D eigenvalue weighted by molar-refractivity contribution is 7.99. The lowest BCUT2D eigenvalue weighted by Gasteiger charge is -2.30. The molecule has 180 valence electrons. The van der Waals surface area contributed by atoms with Crippen molar-refractivity contribution in [2.24, 2.45) is 5.92 Å². The predicted octanol–water partition coefficient (Wildman–Crippen LogP) is 5.74. The summed E-state index contributed by atoms with van der Waals surface area (Å²) in [5.41, 5.74) is 3.23. The minimum Gasteiger partial charge on any atom is -0.441 e. The average Bonchev–Trinajstić information content (AvgIpc) is 3.20. The van der Waals surface area contributed by atoms with E-state index in [-0.39, 0.29) is 11.8 Å². The van der Waals surface area contributed by atoms with Crippen molar-refractivity contribution in [1.82, 2.24) is 15.2 Å². The lowest BCUT2D eigenvalue weighted by molar-refractivity contribution is -0.126. The summed E-state index contributed by atoms with van der Waals surface area (Å²) in [7, 11) is 0. The van der Waals surface area contributed by atoms with Gasteiger partial charge in [0.1, 0.15) is 5.76 Å². The zero-order chi connectivity index (χ0) is 23.0. The van der Waals surface area contributed by atoms with Crippen LogP contribution in [-0.4, -0.2) is 46.4 Å². The van der Waals surface area contributed by atoms with E-state index in [0.29, 0.717) is 5.89 Å². The van der Waals surface area contributed by atoms with Gasteiger partial charge >= 0.3 is 0 Å². The van der Waals surface area contributed by atoms with Crippen LogP contribution in [0, 0.1) is 19.8 Å². The Morgan fingerprint density at radius 2 is 1.88 bits per heavy atom. The molecule has 1 aromatic carbocycles. The van der Waals surface area contributed by atoms with Gasteiger partial charge < -0.3 is 9.73 Å². The van der Waals surface area contributed by atoms with Crippen LogP contribution in [0.1, 0.15) is 68.4 Å². The monoisotopic (exact) mass is 469 g/mol. The van der Waals surface area contributed by atoms with Gasteiger partial charge in [0, 0.05) is 29.8 Å². The number of thioether (sulfide) groups is 1. The number of benzene rings is 1. The van der Waals surface area contributed by atoms with Crippen LogP contribution in [0.3, 0.4) is 0 Å². The molecule has 2 aromatic rings. The second-order valence-corrected chi connectivity index (χ2v) is 11.1. The van der Waals surface area contributed by atoms with Crippen LogP contribution in [0.25, 0.3) is 11.5 Å². The van der Waals surface area contributed by atoms with Crippen LogP contribution in [0.5, 0.6) is 0 Å². The normalized spacial score (nSPS) is 18.5. The Morgan fingerprint density at radius 1 is 1.12 bits per heavy atom. The van der Waals surface area contributed by atoms with Crippen molar-refractivity contribution in [3.63, 3.8) is 0 Å². The number of carbonyl (C=O) groups is 1. The molecule has 1 amide bonds. The lowest BCUT2D eigenvalue weighted by atomic mass is 9.95. The van der Waals surface area contributed by atoms with E-state index < -0.39 is 0 Å². The molecule has 4 rings (SSSR count). The van der Waals surface area contributed by atoms with Gasteiger partial charge in [-0.3, -0.25) is 9.69 Å². The second kappa shape index (κ2) is 12.1. The first-order valence-corrected chi connectivity index (χ1v) is 13.8. The maximum absolute atomic E-state index is 12.6. The molecular weight excluding hydrogens is 430 g/mol. The molecule has 1 saturated carbocycles. The van der Waals surface area contributed by atoms with E-state index in [9.17, 15) is 4.79 Å². The molecule has 0 atom stereocenters. The van der Waals surface area contributed by atoms with Crippen molar-refractivity contribution in [2.45, 2.75) is 77.0 Å². The number of rotatable bonds is 9. The highest BCUT2D eigenvalue weighted by Gasteiger charge is 2.26. The van der Waals surface area contributed by atoms with Crippen LogP contribution in [0.4, 0.5) is 0 Å². The fourth-order valence-corrected chi connectivity index (χ4v) is 6.29. The summed E-state index contributed by atoms with van der Waals surface area (Å²) < 4.78 is 5.98. The number of piperidine rings is 1. The summed E-state index contributed by atoms with van der Waals surface area (Å²) >= 11 is 2.12. The van der Waals surface area contributed by atoms with Crippen LogP contribution >= 0.6 is 11.8 Å². The molecule has 1 saturated heterocycles. The molecular formula is C27H39N3O2S. The summed E-state index contributed by atoms with van der Waals surface area (Å²) in [6.45, 7) is 7.55. The summed E-state index contributed by atoms with van der Waals surface area (Å²) in [4.78, 5) is 19.8. The smallest absolute Gasteiger partial charge is 0.226 e. The zero-order valence-corrected chi connectivity index (χ0v) is 21.1. The van der Waals surface area contributed by atoms with Crippen molar-refractivity contribution in [2.75, 3.05) is 25.4 Å². The van der Waals surface area contributed by atoms with Crippen LogP contribution in [-0.2, 0) is 11.3 Å². The number of hydrogen-bond acceptors (Lipinski definition) is 5. The van der Waals surface area contributed by atoms with Gasteiger partial charge in [0.05, 0.1) is 5.69 Å². The first-order chi connectivity index (χ1) is 16.1. The molecule has 1 aromatic heterocycles. The quantitative estimate of drug-likeness (QED) is 0.474. The maximum Gasteiger partial charge on any atom is 0.226 e. The van der Waals surface area contributed by atoms with Crippen molar-refractivity contribution in [3.05, 3.63) is 41.3 Å². The summed E-state index contributed by atoms with van der Waals surface area (Å²) in [6.07, 6.45) is 9.91. The van der Waals surface area contributed by atoms with Crippen molar-refractivity contribution >= 4 is 17.7 Å². The first-order valence-electron chi connectivity index (χ1n) is 12.7. The number of nitrogens with zero attached hydrogens (tertiary/aromatic N) is 2. The van der Waals surface area contributed by atoms with E-state index in [4.69, 9.17) is 9.40 Å². The maximum atomic E-state index is 12.6. The Hall–Kier alpha value is -1.79. The van der Waals surface area contributed by atoms with Gasteiger partial charge in [0.25, 0.3) is 0 Å². The number of carbonyl (C=O) groups excluding carboxylic acids is 1. The second-order valence-electron chi connectivity index (χ2n) is 9.66. The number of amides is 1. The highest BCUT2D eigenvalue weighted by Crippen LogP contribution is 2.29. The third kappa shape index (κ3) is 6.86. The molecule has 0 unspecified atom stereocenters. The van der Waals surface area contributed by atoms with Crippen LogP contribution in [0.2, 0.25) is 0 Å². The molecule has 2 fully saturated rings. The topological polar surface area (TPSA) is 58.4 Å². The van der Waals surface area contributed by atoms with Gasteiger partial charge in [-0.25, -0.2) is 4.98 Å². The number of nitrogens with one attached hydrogen (secondary N) is 1. The standard InChI is InChI=1S/C27H39N3O2S/c1-20-9-6-7-12-24(20)27-29-25(21(2)32-27)19-30-16-13-22(14-17-30)26(31)28-15-8-18-33-23-10-4-3-5-11-23/h6-7,9,12,22-23H,3-5,8,10-11,13-19H2,1-2H3,(H,28,31). The molecule has 1 N–H and O–H groups in total. The third-order valence-corrected chi connectivity index (χ3v) is 8.59. The van der Waals surface area contributed by atoms with Gasteiger partial charge in [-0.1, -0.05) is 37.5 Å². The molecule has 33 heavy (non-hydrogen) atoms. The number of aryl methyl sites for hydroxylation is 2. The van der Waals surface area contributed by atoms with E-state index in [0.717, 1.165) is 67.7 Å². The van der Waals surface area contributed by atoms with Gasteiger partial charge in [-0.2, -0.15) is 11.8 Å². The molecule has 0 bridgehead atoms. The number of oxazole rings is 1. The van der Waals surface area contributed by atoms with E-state index in [1.54, 1.807) is 0 Å². The molecule has 1 aliphatic heterocycles. The van der Waals surface area contributed by atoms with E-state index in [2.05, 4.69) is 41.0 Å². The zero-order valence-electron chi connectivity index (χ0n) is 20.3. The molecule has 5 nitrogen and oxygen atoms in total. The summed E-state index contributed by atoms with van der Waals surface area (Å²) in [5.74, 6) is 3.16. The Morgan fingerprint density at radius 3 is 2.64 bits per heavy atom. The average molecular weight is 470 g/mol. The van der Waals surface area contributed by atoms with Gasteiger partial charge in [-0.15, -0.1) is 0 Å². The SMILES string of the molecule is Cc1ccccc1-c1nc(CN2CCC(C(=O)NCCCSC3CCCCC3)CC2)c(C)o1. The van der Waals surface area contributed by atoms with Crippen molar-refractivity contribution < 1.29 is 9.21 Å². The molecule has 1 aliphatic carbocycles. The largest absolute Gasteiger partial charge is 0.441 e. The van der Waals surface area contributed by atoms with Crippen LogP contribution < -0.4 is 5.32 Å². The summed E-state index contributed by atoms with van der Waals surface area (Å²) in [6, 6.07) is 8.20. The lowest BCUT2D eigenvalue weighted by Crippen LogP contribution is -2.40. The summed E-state index contributed by atoms with van der Waals surface area (Å²) in [5, 5.41) is 4.05. The number of hydrogen-bond donors (Lipinski definition) is 1. The van der Waals surface area contributed by atoms with E-state index in [1.807, 2.05) is 19.1 Å². The van der Waals surface area contributed by atoms with Crippen LogP contribution in [0.15, 0.2) is 28.7 Å². The minimum atomic E-state index is 0.146. The van der Waals surface area contributed by atoms with E-state index >= 15 is 0 Å². The predicted molar refractivity (Wildman–Crippen MR) is 136 cm³/mol. The fourth-order valence-electron chi connectivity index (χ4n) is 4.98. The highest BCUT2D eigenvalue weighted by atomic mass is 32.2. The van der Waals surface area contributed by atoms with Crippen molar-refractivity contribution in [3.8, 4) is 11.5 Å². The van der Waals surface area contributed by atoms with Gasteiger partial charge in [0.2, 0.25) is 11.8 Å². The first kappa shape index (κ1) is 24.3. The Balaban J connectivity index is 1.16. The molecule has 0 spiro atoms. The van der Waals surface area contributed by atoms with E-state index in [1.165, 1.54) is 43.4 Å². The van der Waals surface area contributed by atoms with Gasteiger partial charge in [-0.05, 0) is 76.4 Å². The number of aromatic nitrogens is 1. The molecule has 2 aliphatic rings. The minimum absolute atomic E-state index is 0.146. The third-order valence-electron chi connectivity index (χ3n) is 7.13. The van der Waals surface area contributed by atoms with Crippen molar-refractivity contribution in [1.29, 1.82) is 0 Å². The van der Waals surface area contributed by atoms with Gasteiger partial charge in [0.15, 0.2) is 0 Å². The molecule has 2 heterocycles. The Labute approximate surface area is 203 Å². The Bertz CT molecular complexity index is 899. The molecule has 0 radical (unpaired) electrons.